The zero-order valence-electron chi connectivity index (χ0n) is 15.0. The maximum Gasteiger partial charge on any atom is 0.259 e. The van der Waals surface area contributed by atoms with Crippen LogP contribution in [-0.4, -0.2) is 17.9 Å². The van der Waals surface area contributed by atoms with E-state index >= 15 is 0 Å². The van der Waals surface area contributed by atoms with Gasteiger partial charge in [0, 0.05) is 16.6 Å². The molecule has 2 amide bonds. The van der Waals surface area contributed by atoms with E-state index in [2.05, 4.69) is 5.32 Å². The minimum absolute atomic E-state index is 0.125. The summed E-state index contributed by atoms with van der Waals surface area (Å²) in [4.78, 5) is 27.4. The number of nitrogens with one attached hydrogen (secondary N) is 1. The van der Waals surface area contributed by atoms with E-state index in [0.29, 0.717) is 5.56 Å². The number of amides is 2. The van der Waals surface area contributed by atoms with E-state index in [9.17, 15) is 9.59 Å². The van der Waals surface area contributed by atoms with Crippen LogP contribution in [-0.2, 0) is 4.79 Å². The molecule has 0 saturated heterocycles. The molecule has 1 heterocycles. The fraction of sp³-hybridized carbons (Fsp3) is 0.182. The van der Waals surface area contributed by atoms with Crippen LogP contribution in [0.2, 0.25) is 0 Å². The van der Waals surface area contributed by atoms with Crippen LogP contribution in [0, 0.1) is 13.8 Å². The lowest BCUT2D eigenvalue weighted by Crippen LogP contribution is -2.44. The zero-order chi connectivity index (χ0) is 18.4. The van der Waals surface area contributed by atoms with E-state index in [1.807, 2.05) is 68.4 Å². The van der Waals surface area contributed by atoms with Gasteiger partial charge in [0.15, 0.2) is 0 Å². The molecule has 130 valence electrons. The summed E-state index contributed by atoms with van der Waals surface area (Å²) in [5.41, 5.74) is 4.39. The Balaban J connectivity index is 1.68. The van der Waals surface area contributed by atoms with E-state index in [-0.39, 0.29) is 11.8 Å². The molecule has 4 nitrogen and oxygen atoms in total. The molecule has 0 aliphatic carbocycles. The summed E-state index contributed by atoms with van der Waals surface area (Å²) < 4.78 is 0. The van der Waals surface area contributed by atoms with Gasteiger partial charge in [-0.3, -0.25) is 14.5 Å². The number of aryl methyl sites for hydroxylation is 1. The Labute approximate surface area is 152 Å². The topological polar surface area (TPSA) is 49.4 Å². The van der Waals surface area contributed by atoms with Crippen LogP contribution in [0.25, 0.3) is 10.8 Å². The van der Waals surface area contributed by atoms with Crippen molar-refractivity contribution < 1.29 is 9.59 Å². The second-order valence-corrected chi connectivity index (χ2v) is 6.77. The Kier molecular flexibility index (Phi) is 3.76. The van der Waals surface area contributed by atoms with Gasteiger partial charge < -0.3 is 5.32 Å². The molecule has 1 N–H and O–H groups in total. The average Bonchev–Trinajstić information content (AvgIpc) is 2.93. The first-order chi connectivity index (χ1) is 12.5. The fourth-order valence-corrected chi connectivity index (χ4v) is 3.56. The molecule has 4 heteroatoms. The second-order valence-electron chi connectivity index (χ2n) is 6.77. The summed E-state index contributed by atoms with van der Waals surface area (Å²) >= 11 is 0. The highest BCUT2D eigenvalue weighted by atomic mass is 16.2. The third kappa shape index (κ3) is 2.37. The summed E-state index contributed by atoms with van der Waals surface area (Å²) in [5, 5.41) is 4.91. The highest BCUT2D eigenvalue weighted by molar-refractivity contribution is 6.27. The molecular weight excluding hydrogens is 324 g/mol. The Hall–Kier alpha value is -3.14. The molecule has 0 bridgehead atoms. The molecule has 3 aromatic carbocycles. The Morgan fingerprint density at radius 2 is 1.69 bits per heavy atom. The maximum atomic E-state index is 12.9. The first-order valence-electron chi connectivity index (χ1n) is 8.71. The van der Waals surface area contributed by atoms with E-state index in [1.165, 1.54) is 0 Å². The molecule has 0 aromatic heterocycles. The number of hydrogen-bond donors (Lipinski definition) is 1. The van der Waals surface area contributed by atoms with Crippen molar-refractivity contribution in [3.05, 3.63) is 71.3 Å². The zero-order valence-corrected chi connectivity index (χ0v) is 15.0. The van der Waals surface area contributed by atoms with Crippen molar-refractivity contribution >= 4 is 34.0 Å². The van der Waals surface area contributed by atoms with Gasteiger partial charge in [-0.15, -0.1) is 0 Å². The van der Waals surface area contributed by atoms with Gasteiger partial charge in [0.05, 0.1) is 5.69 Å². The number of hydrogen-bond acceptors (Lipinski definition) is 2. The number of anilines is 2. The van der Waals surface area contributed by atoms with Gasteiger partial charge in [-0.25, -0.2) is 0 Å². The largest absolute Gasteiger partial charge is 0.324 e. The second kappa shape index (κ2) is 5.99. The molecule has 26 heavy (non-hydrogen) atoms. The van der Waals surface area contributed by atoms with E-state index in [1.54, 1.807) is 11.8 Å². The molecule has 4 rings (SSSR count). The first kappa shape index (κ1) is 16.3. The standard InChI is InChI=1S/C22H20N2O2/c1-13-7-4-11-18(14(13)2)23-21(25)15(3)24-19-12-6-9-16-8-5-10-17(20(16)19)22(24)26/h4-12,15H,1-3H3,(H,23,25)/t15-/m0/s1. The van der Waals surface area contributed by atoms with Gasteiger partial charge in [0.25, 0.3) is 5.91 Å². The molecule has 1 aliphatic rings. The molecule has 0 unspecified atom stereocenters. The van der Waals surface area contributed by atoms with E-state index < -0.39 is 6.04 Å². The normalized spacial score (nSPS) is 14.0. The highest BCUT2D eigenvalue weighted by Crippen LogP contribution is 2.38. The summed E-state index contributed by atoms with van der Waals surface area (Å²) in [6.45, 7) is 5.76. The van der Waals surface area contributed by atoms with Gasteiger partial charge in [-0.1, -0.05) is 36.4 Å². The van der Waals surface area contributed by atoms with Gasteiger partial charge in [-0.2, -0.15) is 0 Å². The van der Waals surface area contributed by atoms with Crippen molar-refractivity contribution in [1.82, 2.24) is 0 Å². The van der Waals surface area contributed by atoms with Gasteiger partial charge >= 0.3 is 0 Å². The number of carbonyl (C=O) groups excluding carboxylic acids is 2. The third-order valence-corrected chi connectivity index (χ3v) is 5.22. The fourth-order valence-electron chi connectivity index (χ4n) is 3.56. The number of carbonyl (C=O) groups is 2. The maximum absolute atomic E-state index is 12.9. The molecule has 0 fully saturated rings. The number of nitrogens with zero attached hydrogens (tertiary/aromatic N) is 1. The van der Waals surface area contributed by atoms with Gasteiger partial charge in [0.2, 0.25) is 5.91 Å². The average molecular weight is 344 g/mol. The molecule has 1 atom stereocenters. The molecule has 3 aromatic rings. The Morgan fingerprint density at radius 1 is 1.00 bits per heavy atom. The lowest BCUT2D eigenvalue weighted by atomic mass is 10.1. The van der Waals surface area contributed by atoms with Crippen LogP contribution in [0.4, 0.5) is 11.4 Å². The van der Waals surface area contributed by atoms with Crippen LogP contribution in [0.3, 0.4) is 0 Å². The summed E-state index contributed by atoms with van der Waals surface area (Å²) in [6.07, 6.45) is 0. The Morgan fingerprint density at radius 3 is 2.46 bits per heavy atom. The monoisotopic (exact) mass is 344 g/mol. The van der Waals surface area contributed by atoms with Crippen LogP contribution in [0.5, 0.6) is 0 Å². The van der Waals surface area contributed by atoms with Crippen LogP contribution in [0.15, 0.2) is 54.6 Å². The van der Waals surface area contributed by atoms with Crippen LogP contribution < -0.4 is 10.2 Å². The number of benzene rings is 3. The van der Waals surface area contributed by atoms with Crippen molar-refractivity contribution in [1.29, 1.82) is 0 Å². The van der Waals surface area contributed by atoms with Crippen molar-refractivity contribution in [2.75, 3.05) is 10.2 Å². The van der Waals surface area contributed by atoms with Crippen molar-refractivity contribution in [2.24, 2.45) is 0 Å². The van der Waals surface area contributed by atoms with E-state index in [4.69, 9.17) is 0 Å². The van der Waals surface area contributed by atoms with Crippen molar-refractivity contribution in [3.8, 4) is 0 Å². The molecule has 0 radical (unpaired) electrons. The molecule has 0 saturated carbocycles. The van der Waals surface area contributed by atoms with Gasteiger partial charge in [-0.05, 0) is 55.5 Å². The quantitative estimate of drug-likeness (QED) is 0.763. The summed E-state index contributed by atoms with van der Waals surface area (Å²) in [5.74, 6) is -0.322. The molecule has 0 spiro atoms. The van der Waals surface area contributed by atoms with Crippen molar-refractivity contribution in [3.63, 3.8) is 0 Å². The summed E-state index contributed by atoms with van der Waals surface area (Å²) in [6, 6.07) is 16.7. The summed E-state index contributed by atoms with van der Waals surface area (Å²) in [7, 11) is 0. The molecule has 1 aliphatic heterocycles. The van der Waals surface area contributed by atoms with Crippen LogP contribution >= 0.6 is 0 Å². The predicted molar refractivity (Wildman–Crippen MR) is 105 cm³/mol. The SMILES string of the molecule is Cc1cccc(NC(=O)[C@H](C)N2C(=O)c3cccc4cccc2c34)c1C. The van der Waals surface area contributed by atoms with Crippen molar-refractivity contribution in [2.45, 2.75) is 26.8 Å². The van der Waals surface area contributed by atoms with Gasteiger partial charge in [0.1, 0.15) is 6.04 Å². The minimum atomic E-state index is -0.611. The number of rotatable bonds is 3. The van der Waals surface area contributed by atoms with Crippen LogP contribution in [0.1, 0.15) is 28.4 Å². The smallest absolute Gasteiger partial charge is 0.259 e. The highest BCUT2D eigenvalue weighted by Gasteiger charge is 2.35. The predicted octanol–water partition coefficient (Wildman–Crippen LogP) is 4.44. The first-order valence-corrected chi connectivity index (χ1v) is 8.71. The lowest BCUT2D eigenvalue weighted by Gasteiger charge is -2.25. The Bertz CT molecular complexity index is 1050. The third-order valence-electron chi connectivity index (χ3n) is 5.22. The molecular formula is C22H20N2O2. The lowest BCUT2D eigenvalue weighted by molar-refractivity contribution is -0.117. The van der Waals surface area contributed by atoms with E-state index in [0.717, 1.165) is 33.3 Å². The minimum Gasteiger partial charge on any atom is -0.324 e.